The number of allylic oxidation sites excluding steroid dienone is 1. The molecule has 0 bridgehead atoms. The zero-order valence-electron chi connectivity index (χ0n) is 9.22. The maximum absolute atomic E-state index is 5.35. The zero-order chi connectivity index (χ0) is 10.3. The Kier molecular flexibility index (Phi) is 7.23. The molecule has 0 aromatic carbocycles. The molecule has 1 unspecified atom stereocenters. The van der Waals surface area contributed by atoms with Crippen LogP contribution in [0.25, 0.3) is 0 Å². The van der Waals surface area contributed by atoms with Crippen LogP contribution in [0, 0.1) is 0 Å². The molecule has 13 heavy (non-hydrogen) atoms. The molecule has 2 nitrogen and oxygen atoms in total. The lowest BCUT2D eigenvalue weighted by Crippen LogP contribution is -2.26. The van der Waals surface area contributed by atoms with Gasteiger partial charge in [0.2, 0.25) is 0 Å². The fourth-order valence-electron chi connectivity index (χ4n) is 1.49. The fourth-order valence-corrected chi connectivity index (χ4v) is 3.36. The van der Waals surface area contributed by atoms with Crippen molar-refractivity contribution < 1.29 is 8.85 Å². The maximum Gasteiger partial charge on any atom is 0.387 e. The molecule has 0 amide bonds. The molecule has 0 aromatic heterocycles. The fraction of sp³-hybridized carbons (Fsp3) is 0.800. The molecule has 77 valence electrons. The normalized spacial score (nSPS) is 13.3. The van der Waals surface area contributed by atoms with Gasteiger partial charge in [-0.05, 0) is 19.8 Å². The first-order chi connectivity index (χ1) is 6.15. The molecule has 0 saturated carbocycles. The summed E-state index contributed by atoms with van der Waals surface area (Å²) >= 11 is 0. The van der Waals surface area contributed by atoms with E-state index >= 15 is 0 Å². The summed E-state index contributed by atoms with van der Waals surface area (Å²) in [6.45, 7) is 8.19. The van der Waals surface area contributed by atoms with Crippen LogP contribution in [0.5, 0.6) is 0 Å². The van der Waals surface area contributed by atoms with Crippen molar-refractivity contribution in [3.63, 3.8) is 0 Å². The summed E-state index contributed by atoms with van der Waals surface area (Å²) < 4.78 is 10.7. The Morgan fingerprint density at radius 3 is 2.23 bits per heavy atom. The monoisotopic (exact) mass is 201 g/mol. The Labute approximate surface area is 83.8 Å². The van der Waals surface area contributed by atoms with Gasteiger partial charge in [0.1, 0.15) is 0 Å². The van der Waals surface area contributed by atoms with Crippen molar-refractivity contribution in [1.82, 2.24) is 0 Å². The molecular formula is C10H21O2Si. The standard InChI is InChI=1S/C10H21O2Si/c1-6-7-10(8-9(2)3)13(11-4)12-5/h10H,2,6-8H2,1,3-5H3. The van der Waals surface area contributed by atoms with Crippen LogP contribution in [0.4, 0.5) is 0 Å². The van der Waals surface area contributed by atoms with E-state index in [1.165, 1.54) is 18.4 Å². The third-order valence-electron chi connectivity index (χ3n) is 1.97. The van der Waals surface area contributed by atoms with Gasteiger partial charge < -0.3 is 8.85 Å². The molecule has 0 rings (SSSR count). The van der Waals surface area contributed by atoms with Gasteiger partial charge in [-0.25, -0.2) is 0 Å². The van der Waals surface area contributed by atoms with Gasteiger partial charge in [-0.3, -0.25) is 0 Å². The summed E-state index contributed by atoms with van der Waals surface area (Å²) in [5.74, 6) is 0. The van der Waals surface area contributed by atoms with E-state index in [1.807, 2.05) is 0 Å². The second-order valence-corrected chi connectivity index (χ2v) is 5.65. The van der Waals surface area contributed by atoms with Crippen molar-refractivity contribution in [1.29, 1.82) is 0 Å². The summed E-state index contributed by atoms with van der Waals surface area (Å²) in [5.41, 5.74) is 1.76. The number of rotatable bonds is 7. The smallest absolute Gasteiger partial charge is 0.387 e. The first-order valence-electron chi connectivity index (χ1n) is 4.74. The van der Waals surface area contributed by atoms with E-state index in [1.54, 1.807) is 14.2 Å². The molecule has 0 aliphatic carbocycles. The third-order valence-corrected chi connectivity index (χ3v) is 3.93. The minimum absolute atomic E-state index is 0.544. The lowest BCUT2D eigenvalue weighted by atomic mass is 10.1. The topological polar surface area (TPSA) is 18.5 Å². The van der Waals surface area contributed by atoms with E-state index in [0.29, 0.717) is 5.54 Å². The summed E-state index contributed by atoms with van der Waals surface area (Å²) in [5, 5.41) is 0. The largest absolute Gasteiger partial charge is 0.397 e. The van der Waals surface area contributed by atoms with E-state index < -0.39 is 9.28 Å². The summed E-state index contributed by atoms with van der Waals surface area (Å²) in [4.78, 5) is 0. The van der Waals surface area contributed by atoms with Crippen LogP contribution in [-0.2, 0) is 8.85 Å². The average Bonchev–Trinajstić information content (AvgIpc) is 2.05. The number of hydrogen-bond donors (Lipinski definition) is 0. The molecule has 0 aromatic rings. The van der Waals surface area contributed by atoms with Gasteiger partial charge in [0.05, 0.1) is 0 Å². The van der Waals surface area contributed by atoms with E-state index in [2.05, 4.69) is 20.4 Å². The van der Waals surface area contributed by atoms with Crippen LogP contribution >= 0.6 is 0 Å². The van der Waals surface area contributed by atoms with Gasteiger partial charge >= 0.3 is 9.28 Å². The summed E-state index contributed by atoms with van der Waals surface area (Å²) in [6, 6.07) is 0. The van der Waals surface area contributed by atoms with Gasteiger partial charge in [-0.1, -0.05) is 18.9 Å². The predicted octanol–water partition coefficient (Wildman–Crippen LogP) is 2.90. The first-order valence-corrected chi connectivity index (χ1v) is 6.14. The van der Waals surface area contributed by atoms with E-state index in [4.69, 9.17) is 8.85 Å². The molecule has 0 saturated heterocycles. The molecule has 0 heterocycles. The van der Waals surface area contributed by atoms with Crippen LogP contribution in [0.15, 0.2) is 12.2 Å². The van der Waals surface area contributed by atoms with Gasteiger partial charge in [0, 0.05) is 19.8 Å². The molecule has 0 fully saturated rings. The highest BCUT2D eigenvalue weighted by atomic mass is 28.3. The van der Waals surface area contributed by atoms with Gasteiger partial charge in [-0.2, -0.15) is 0 Å². The van der Waals surface area contributed by atoms with Crippen LogP contribution in [0.3, 0.4) is 0 Å². The Morgan fingerprint density at radius 2 is 1.92 bits per heavy atom. The Hall–Kier alpha value is -0.123. The van der Waals surface area contributed by atoms with Crippen molar-refractivity contribution in [3.05, 3.63) is 12.2 Å². The lowest BCUT2D eigenvalue weighted by molar-refractivity contribution is 0.261. The average molecular weight is 201 g/mol. The SMILES string of the molecule is C=C(C)CC(CCC)[Si](OC)OC. The van der Waals surface area contributed by atoms with E-state index in [0.717, 1.165) is 6.42 Å². The van der Waals surface area contributed by atoms with E-state index in [9.17, 15) is 0 Å². The van der Waals surface area contributed by atoms with E-state index in [-0.39, 0.29) is 0 Å². The molecular weight excluding hydrogens is 180 g/mol. The second-order valence-electron chi connectivity index (χ2n) is 3.37. The highest BCUT2D eigenvalue weighted by molar-refractivity contribution is 6.46. The van der Waals surface area contributed by atoms with Gasteiger partial charge in [0.15, 0.2) is 0 Å². The lowest BCUT2D eigenvalue weighted by Gasteiger charge is -2.20. The van der Waals surface area contributed by atoms with Crippen LogP contribution in [0.2, 0.25) is 5.54 Å². The summed E-state index contributed by atoms with van der Waals surface area (Å²) in [6.07, 6.45) is 3.38. The van der Waals surface area contributed by atoms with Crippen molar-refractivity contribution in [2.75, 3.05) is 14.2 Å². The first kappa shape index (κ1) is 12.9. The van der Waals surface area contributed by atoms with Crippen LogP contribution in [0.1, 0.15) is 33.1 Å². The molecule has 0 aliphatic rings. The molecule has 0 N–H and O–H groups in total. The minimum atomic E-state index is -1.08. The molecule has 3 heteroatoms. The predicted molar refractivity (Wildman–Crippen MR) is 57.9 cm³/mol. The van der Waals surface area contributed by atoms with Crippen molar-refractivity contribution >= 4 is 9.28 Å². The highest BCUT2D eigenvalue weighted by Gasteiger charge is 2.25. The van der Waals surface area contributed by atoms with Crippen molar-refractivity contribution in [2.24, 2.45) is 0 Å². The maximum atomic E-state index is 5.35. The van der Waals surface area contributed by atoms with Crippen LogP contribution < -0.4 is 0 Å². The molecule has 1 radical (unpaired) electrons. The Balaban J connectivity index is 4.11. The quantitative estimate of drug-likeness (QED) is 0.466. The molecule has 1 atom stereocenters. The van der Waals surface area contributed by atoms with Crippen molar-refractivity contribution in [2.45, 2.75) is 38.7 Å². The summed E-state index contributed by atoms with van der Waals surface area (Å²) in [7, 11) is 2.39. The number of hydrogen-bond acceptors (Lipinski definition) is 2. The third kappa shape index (κ3) is 5.24. The highest BCUT2D eigenvalue weighted by Crippen LogP contribution is 2.25. The Bertz CT molecular complexity index is 144. The van der Waals surface area contributed by atoms with Gasteiger partial charge in [-0.15, -0.1) is 6.58 Å². The van der Waals surface area contributed by atoms with Gasteiger partial charge in [0.25, 0.3) is 0 Å². The van der Waals surface area contributed by atoms with Crippen molar-refractivity contribution in [3.8, 4) is 0 Å². The minimum Gasteiger partial charge on any atom is -0.397 e. The van der Waals surface area contributed by atoms with Crippen LogP contribution in [-0.4, -0.2) is 23.5 Å². The molecule has 0 aliphatic heterocycles. The molecule has 0 spiro atoms. The zero-order valence-corrected chi connectivity index (χ0v) is 10.2. The Morgan fingerprint density at radius 1 is 1.38 bits per heavy atom. The second kappa shape index (κ2) is 7.30.